The molecule has 3 aromatic rings. The summed E-state index contributed by atoms with van der Waals surface area (Å²) in [6.07, 6.45) is 4.52. The lowest BCUT2D eigenvalue weighted by molar-refractivity contribution is -0.114. The number of fused-ring (bicyclic) bond motifs is 1. The van der Waals surface area contributed by atoms with Crippen LogP contribution in [0, 0.1) is 24.7 Å². The number of amides is 1. The summed E-state index contributed by atoms with van der Waals surface area (Å²) in [5, 5.41) is 6.93. The molecular weight excluding hydrogens is 418 g/mol. The number of rotatable bonds is 4. The van der Waals surface area contributed by atoms with Crippen LogP contribution in [0.2, 0.25) is 0 Å². The first kappa shape index (κ1) is 21.6. The fourth-order valence-corrected chi connectivity index (χ4v) is 4.25. The van der Waals surface area contributed by atoms with E-state index in [0.717, 1.165) is 53.1 Å². The number of methoxy groups -OCH3 is 1. The zero-order valence-electron chi connectivity index (χ0n) is 19.1. The van der Waals surface area contributed by atoms with Crippen molar-refractivity contribution < 1.29 is 14.3 Å². The Labute approximate surface area is 192 Å². The van der Waals surface area contributed by atoms with Gasteiger partial charge in [-0.3, -0.25) is 9.36 Å². The third-order valence-corrected chi connectivity index (χ3v) is 6.23. The lowest BCUT2D eigenvalue weighted by atomic mass is 9.97. The minimum absolute atomic E-state index is 0.170. The standard InChI is InChI=1S/C25H27N5O3/c1-16-8-22(25(32-3)6-7-33-15-25)29-24(9-16)30-14-19(5-4-18-11-26-12-18)20-13-27-23(10-21(20)30)28-17(2)31/h8-10,13-14,18,26H,6-7,11-12,15H2,1-3H3,(H,27,28,31). The number of nitrogens with zero attached hydrogens (tertiary/aromatic N) is 3. The number of pyridine rings is 2. The number of nitrogens with one attached hydrogen (secondary N) is 2. The molecule has 2 saturated heterocycles. The molecule has 1 amide bonds. The van der Waals surface area contributed by atoms with Crippen molar-refractivity contribution in [2.75, 3.05) is 38.7 Å². The summed E-state index contributed by atoms with van der Waals surface area (Å²) < 4.78 is 13.5. The van der Waals surface area contributed by atoms with Gasteiger partial charge in [0.15, 0.2) is 0 Å². The van der Waals surface area contributed by atoms with Gasteiger partial charge in [-0.15, -0.1) is 0 Å². The zero-order valence-corrected chi connectivity index (χ0v) is 19.1. The Morgan fingerprint density at radius 3 is 2.88 bits per heavy atom. The second-order valence-electron chi connectivity index (χ2n) is 8.69. The number of aromatic nitrogens is 3. The van der Waals surface area contributed by atoms with Crippen LogP contribution in [0.3, 0.4) is 0 Å². The molecule has 0 radical (unpaired) electrons. The highest BCUT2D eigenvalue weighted by molar-refractivity contribution is 5.93. The number of hydrogen-bond donors (Lipinski definition) is 2. The van der Waals surface area contributed by atoms with Gasteiger partial charge in [-0.05, 0) is 24.6 Å². The second kappa shape index (κ2) is 8.60. The molecule has 1 unspecified atom stereocenters. The maximum absolute atomic E-state index is 11.6. The highest BCUT2D eigenvalue weighted by Crippen LogP contribution is 2.34. The molecule has 8 nitrogen and oxygen atoms in total. The molecule has 2 fully saturated rings. The summed E-state index contributed by atoms with van der Waals surface area (Å²) in [4.78, 5) is 21.0. The molecule has 33 heavy (non-hydrogen) atoms. The molecule has 8 heteroatoms. The topological polar surface area (TPSA) is 90.3 Å². The van der Waals surface area contributed by atoms with Crippen LogP contribution in [0.15, 0.2) is 30.6 Å². The molecule has 0 aromatic carbocycles. The van der Waals surface area contributed by atoms with Crippen LogP contribution in [0.4, 0.5) is 5.82 Å². The predicted molar refractivity (Wildman–Crippen MR) is 125 cm³/mol. The van der Waals surface area contributed by atoms with Gasteiger partial charge < -0.3 is 20.1 Å². The first-order valence-corrected chi connectivity index (χ1v) is 11.1. The largest absolute Gasteiger partial charge is 0.378 e. The molecule has 5 rings (SSSR count). The van der Waals surface area contributed by atoms with Gasteiger partial charge in [0, 0.05) is 69.9 Å². The summed E-state index contributed by atoms with van der Waals surface area (Å²) in [6, 6.07) is 5.96. The number of carbonyl (C=O) groups excluding carboxylic acids is 1. The van der Waals surface area contributed by atoms with Crippen molar-refractivity contribution >= 4 is 22.6 Å². The van der Waals surface area contributed by atoms with Crippen molar-refractivity contribution in [3.63, 3.8) is 0 Å². The maximum Gasteiger partial charge on any atom is 0.222 e. The summed E-state index contributed by atoms with van der Waals surface area (Å²) in [7, 11) is 1.71. The van der Waals surface area contributed by atoms with Crippen molar-refractivity contribution in [3.8, 4) is 17.7 Å². The average Bonchev–Trinajstić information content (AvgIpc) is 3.37. The third kappa shape index (κ3) is 4.11. The number of anilines is 1. The highest BCUT2D eigenvalue weighted by atomic mass is 16.5. The SMILES string of the molecule is COC1(c2cc(C)cc(-n3cc(C#CC4CNC4)c4cnc(NC(C)=O)cc43)n2)CCOC1. The molecule has 3 aromatic heterocycles. The van der Waals surface area contributed by atoms with Gasteiger partial charge >= 0.3 is 0 Å². The molecular formula is C25H27N5O3. The molecule has 170 valence electrons. The number of hydrogen-bond acceptors (Lipinski definition) is 6. The van der Waals surface area contributed by atoms with E-state index in [1.165, 1.54) is 6.92 Å². The molecule has 2 N–H and O–H groups in total. The van der Waals surface area contributed by atoms with Gasteiger partial charge in [0.05, 0.1) is 23.4 Å². The smallest absolute Gasteiger partial charge is 0.222 e. The van der Waals surface area contributed by atoms with Crippen molar-refractivity contribution in [2.24, 2.45) is 5.92 Å². The quantitative estimate of drug-likeness (QED) is 0.600. The molecule has 0 saturated carbocycles. The van der Waals surface area contributed by atoms with Gasteiger partial charge in [-0.1, -0.05) is 11.8 Å². The van der Waals surface area contributed by atoms with Crippen LogP contribution in [-0.2, 0) is 19.9 Å². The van der Waals surface area contributed by atoms with E-state index in [4.69, 9.17) is 14.5 Å². The van der Waals surface area contributed by atoms with E-state index < -0.39 is 5.60 Å². The van der Waals surface area contributed by atoms with Gasteiger partial charge in [0.2, 0.25) is 5.91 Å². The van der Waals surface area contributed by atoms with Crippen LogP contribution < -0.4 is 10.6 Å². The summed E-state index contributed by atoms with van der Waals surface area (Å²) in [5.41, 5.74) is 3.14. The van der Waals surface area contributed by atoms with E-state index in [9.17, 15) is 4.79 Å². The van der Waals surface area contributed by atoms with Crippen LogP contribution >= 0.6 is 0 Å². The second-order valence-corrected chi connectivity index (χ2v) is 8.69. The number of ether oxygens (including phenoxy) is 2. The van der Waals surface area contributed by atoms with Gasteiger partial charge in [-0.25, -0.2) is 9.97 Å². The van der Waals surface area contributed by atoms with Crippen LogP contribution in [0.1, 0.15) is 30.2 Å². The van der Waals surface area contributed by atoms with E-state index in [1.807, 2.05) is 29.8 Å². The number of aryl methyl sites for hydroxylation is 1. The monoisotopic (exact) mass is 445 g/mol. The molecule has 5 heterocycles. The summed E-state index contributed by atoms with van der Waals surface area (Å²) in [6.45, 7) is 6.48. The van der Waals surface area contributed by atoms with Gasteiger partial charge in [0.1, 0.15) is 17.2 Å². The Balaban J connectivity index is 1.66. The molecule has 2 aliphatic heterocycles. The minimum Gasteiger partial charge on any atom is -0.378 e. The molecule has 0 bridgehead atoms. The van der Waals surface area contributed by atoms with Gasteiger partial charge in [0.25, 0.3) is 0 Å². The molecule has 0 aliphatic carbocycles. The molecule has 2 aliphatic rings. The van der Waals surface area contributed by atoms with E-state index in [0.29, 0.717) is 24.9 Å². The van der Waals surface area contributed by atoms with Gasteiger partial charge in [-0.2, -0.15) is 0 Å². The predicted octanol–water partition coefficient (Wildman–Crippen LogP) is 2.52. The third-order valence-electron chi connectivity index (χ3n) is 6.23. The summed E-state index contributed by atoms with van der Waals surface area (Å²) >= 11 is 0. The van der Waals surface area contributed by atoms with Crippen molar-refractivity contribution in [3.05, 3.63) is 47.4 Å². The van der Waals surface area contributed by atoms with Crippen molar-refractivity contribution in [1.82, 2.24) is 19.9 Å². The fraction of sp³-hybridized carbons (Fsp3) is 0.400. The van der Waals surface area contributed by atoms with Crippen LogP contribution in [0.5, 0.6) is 0 Å². The highest BCUT2D eigenvalue weighted by Gasteiger charge is 2.38. The molecule has 0 spiro atoms. The fourth-order valence-electron chi connectivity index (χ4n) is 4.25. The average molecular weight is 446 g/mol. The van der Waals surface area contributed by atoms with Crippen molar-refractivity contribution in [1.29, 1.82) is 0 Å². The Morgan fingerprint density at radius 2 is 2.21 bits per heavy atom. The minimum atomic E-state index is -0.549. The van der Waals surface area contributed by atoms with E-state index in [1.54, 1.807) is 13.3 Å². The zero-order chi connectivity index (χ0) is 23.0. The normalized spacial score (nSPS) is 20.3. The summed E-state index contributed by atoms with van der Waals surface area (Å²) in [5.74, 6) is 8.12. The Bertz CT molecular complexity index is 1280. The maximum atomic E-state index is 11.6. The first-order valence-electron chi connectivity index (χ1n) is 11.1. The van der Waals surface area contributed by atoms with Crippen molar-refractivity contribution in [2.45, 2.75) is 25.9 Å². The van der Waals surface area contributed by atoms with Crippen LogP contribution in [-0.4, -0.2) is 53.9 Å². The number of carbonyl (C=O) groups is 1. The Kier molecular flexibility index (Phi) is 5.62. The molecule has 1 atom stereocenters. The first-order chi connectivity index (χ1) is 16.0. The Hall–Kier alpha value is -3.25. The van der Waals surface area contributed by atoms with E-state index in [-0.39, 0.29) is 5.91 Å². The lowest BCUT2D eigenvalue weighted by Gasteiger charge is -2.26. The van der Waals surface area contributed by atoms with Crippen LogP contribution in [0.25, 0.3) is 16.7 Å². The lowest BCUT2D eigenvalue weighted by Crippen LogP contribution is -2.40. The van der Waals surface area contributed by atoms with E-state index in [2.05, 4.69) is 33.5 Å². The van der Waals surface area contributed by atoms with E-state index >= 15 is 0 Å². The Morgan fingerprint density at radius 1 is 1.36 bits per heavy atom.